The molecular formula is C12H19NO2. The van der Waals surface area contributed by atoms with Crippen LogP contribution in [0, 0.1) is 11.8 Å². The number of ether oxygens (including phenoxy) is 1. The second-order valence-corrected chi connectivity index (χ2v) is 4.07. The Morgan fingerprint density at radius 2 is 2.40 bits per heavy atom. The van der Waals surface area contributed by atoms with Gasteiger partial charge in [0.25, 0.3) is 0 Å². The molecule has 1 aliphatic rings. The third-order valence-electron chi connectivity index (χ3n) is 2.58. The van der Waals surface area contributed by atoms with Gasteiger partial charge < -0.3 is 4.74 Å². The summed E-state index contributed by atoms with van der Waals surface area (Å²) in [5, 5.41) is 0. The minimum atomic E-state index is -0.256. The first-order valence-electron chi connectivity index (χ1n) is 5.54. The van der Waals surface area contributed by atoms with Crippen molar-refractivity contribution in [1.29, 1.82) is 0 Å². The van der Waals surface area contributed by atoms with Crippen LogP contribution < -0.4 is 0 Å². The fourth-order valence-corrected chi connectivity index (χ4v) is 1.60. The van der Waals surface area contributed by atoms with E-state index < -0.39 is 0 Å². The highest BCUT2D eigenvalue weighted by molar-refractivity contribution is 6.09. The molecule has 1 rings (SSSR count). The number of allylic oxidation sites excluding steroid dienone is 1. The molecule has 0 fully saturated rings. The minimum absolute atomic E-state index is 0.256. The van der Waals surface area contributed by atoms with Crippen molar-refractivity contribution in [2.45, 2.75) is 27.2 Å². The Kier molecular flexibility index (Phi) is 4.53. The van der Waals surface area contributed by atoms with E-state index in [1.807, 2.05) is 13.0 Å². The highest BCUT2D eigenvalue weighted by atomic mass is 16.5. The van der Waals surface area contributed by atoms with Gasteiger partial charge in [0, 0.05) is 12.8 Å². The van der Waals surface area contributed by atoms with Gasteiger partial charge in [0.15, 0.2) is 0 Å². The molecule has 15 heavy (non-hydrogen) atoms. The standard InChI is InChI=1S/C12H19NO2/c1-4-15-12(14)11-7-10(9(2)3)5-6-13-8-11/h7-10H,4-6H2,1-3H3. The van der Waals surface area contributed by atoms with E-state index in [1.165, 1.54) is 0 Å². The van der Waals surface area contributed by atoms with Crippen LogP contribution in [0.4, 0.5) is 0 Å². The van der Waals surface area contributed by atoms with Crippen LogP contribution in [0.5, 0.6) is 0 Å². The summed E-state index contributed by atoms with van der Waals surface area (Å²) < 4.78 is 4.97. The van der Waals surface area contributed by atoms with Crippen LogP contribution in [0.1, 0.15) is 27.2 Å². The van der Waals surface area contributed by atoms with Crippen LogP contribution in [0.3, 0.4) is 0 Å². The Morgan fingerprint density at radius 3 is 3.00 bits per heavy atom. The Morgan fingerprint density at radius 1 is 1.67 bits per heavy atom. The SMILES string of the molecule is CCOC(=O)C1=CC(C(C)C)CCN=C1. The lowest BCUT2D eigenvalue weighted by molar-refractivity contribution is -0.137. The van der Waals surface area contributed by atoms with Gasteiger partial charge in [-0.25, -0.2) is 4.79 Å². The molecule has 0 saturated carbocycles. The molecule has 0 radical (unpaired) electrons. The molecule has 0 aromatic carbocycles. The van der Waals surface area contributed by atoms with Gasteiger partial charge in [0.2, 0.25) is 0 Å². The van der Waals surface area contributed by atoms with Crippen molar-refractivity contribution in [3.8, 4) is 0 Å². The molecular weight excluding hydrogens is 190 g/mol. The first kappa shape index (κ1) is 12.0. The van der Waals surface area contributed by atoms with Gasteiger partial charge >= 0.3 is 5.97 Å². The lowest BCUT2D eigenvalue weighted by Crippen LogP contribution is -2.12. The quantitative estimate of drug-likeness (QED) is 0.668. The lowest BCUT2D eigenvalue weighted by atomic mass is 9.91. The van der Waals surface area contributed by atoms with Crippen LogP contribution >= 0.6 is 0 Å². The molecule has 1 atom stereocenters. The van der Waals surface area contributed by atoms with Crippen LogP contribution in [0.25, 0.3) is 0 Å². The minimum Gasteiger partial charge on any atom is -0.462 e. The summed E-state index contributed by atoms with van der Waals surface area (Å²) in [6, 6.07) is 0. The van der Waals surface area contributed by atoms with Gasteiger partial charge in [0.1, 0.15) is 0 Å². The second kappa shape index (κ2) is 5.69. The van der Waals surface area contributed by atoms with Crippen molar-refractivity contribution in [1.82, 2.24) is 0 Å². The maximum absolute atomic E-state index is 11.5. The van der Waals surface area contributed by atoms with Gasteiger partial charge in [0.05, 0.1) is 12.2 Å². The van der Waals surface area contributed by atoms with E-state index in [0.717, 1.165) is 13.0 Å². The molecule has 0 aromatic heterocycles. The van der Waals surface area contributed by atoms with Crippen molar-refractivity contribution in [2.75, 3.05) is 13.2 Å². The van der Waals surface area contributed by atoms with Crippen molar-refractivity contribution >= 4 is 12.2 Å². The normalized spacial score (nSPS) is 21.1. The highest BCUT2D eigenvalue weighted by Crippen LogP contribution is 2.20. The molecule has 1 unspecified atom stereocenters. The molecule has 0 bridgehead atoms. The van der Waals surface area contributed by atoms with Crippen LogP contribution in [0.2, 0.25) is 0 Å². The topological polar surface area (TPSA) is 38.7 Å². The lowest BCUT2D eigenvalue weighted by Gasteiger charge is -2.14. The van der Waals surface area contributed by atoms with Crippen molar-refractivity contribution in [3.05, 3.63) is 11.6 Å². The van der Waals surface area contributed by atoms with E-state index >= 15 is 0 Å². The molecule has 0 spiro atoms. The summed E-state index contributed by atoms with van der Waals surface area (Å²) in [5.41, 5.74) is 0.605. The molecule has 0 aliphatic carbocycles. The number of rotatable bonds is 3. The fraction of sp³-hybridized carbons (Fsp3) is 0.667. The molecule has 3 heteroatoms. The zero-order chi connectivity index (χ0) is 11.3. The van der Waals surface area contributed by atoms with Gasteiger partial charge in [-0.2, -0.15) is 0 Å². The third-order valence-corrected chi connectivity index (χ3v) is 2.58. The van der Waals surface area contributed by atoms with E-state index in [9.17, 15) is 4.79 Å². The molecule has 1 heterocycles. The number of hydrogen-bond acceptors (Lipinski definition) is 3. The van der Waals surface area contributed by atoms with E-state index in [1.54, 1.807) is 6.21 Å². The van der Waals surface area contributed by atoms with E-state index in [0.29, 0.717) is 24.0 Å². The van der Waals surface area contributed by atoms with E-state index in [4.69, 9.17) is 4.74 Å². The number of carbonyl (C=O) groups is 1. The summed E-state index contributed by atoms with van der Waals surface area (Å²) in [4.78, 5) is 15.7. The van der Waals surface area contributed by atoms with Crippen molar-refractivity contribution < 1.29 is 9.53 Å². The zero-order valence-corrected chi connectivity index (χ0v) is 9.69. The number of hydrogen-bond donors (Lipinski definition) is 0. The Hall–Kier alpha value is -1.12. The first-order valence-corrected chi connectivity index (χ1v) is 5.54. The summed E-state index contributed by atoms with van der Waals surface area (Å²) >= 11 is 0. The van der Waals surface area contributed by atoms with Crippen LogP contribution in [-0.4, -0.2) is 25.3 Å². The highest BCUT2D eigenvalue weighted by Gasteiger charge is 2.17. The number of esters is 1. The van der Waals surface area contributed by atoms with E-state index in [-0.39, 0.29) is 5.97 Å². The van der Waals surface area contributed by atoms with Gasteiger partial charge in [-0.15, -0.1) is 0 Å². The van der Waals surface area contributed by atoms with Gasteiger partial charge in [-0.05, 0) is 25.2 Å². The summed E-state index contributed by atoms with van der Waals surface area (Å²) in [5.74, 6) is 0.705. The maximum Gasteiger partial charge on any atom is 0.339 e. The molecule has 0 N–H and O–H groups in total. The maximum atomic E-state index is 11.5. The monoisotopic (exact) mass is 209 g/mol. The molecule has 0 amide bonds. The average Bonchev–Trinajstić information content (AvgIpc) is 2.43. The second-order valence-electron chi connectivity index (χ2n) is 4.07. The summed E-state index contributed by atoms with van der Waals surface area (Å²) in [6.07, 6.45) is 4.65. The van der Waals surface area contributed by atoms with Gasteiger partial charge in [-0.1, -0.05) is 19.9 Å². The largest absolute Gasteiger partial charge is 0.462 e. The molecule has 84 valence electrons. The molecule has 0 aromatic rings. The predicted octanol–water partition coefficient (Wildman–Crippen LogP) is 2.22. The fourth-order valence-electron chi connectivity index (χ4n) is 1.60. The number of nitrogens with zero attached hydrogens (tertiary/aromatic N) is 1. The van der Waals surface area contributed by atoms with Crippen LogP contribution in [0.15, 0.2) is 16.6 Å². The third kappa shape index (κ3) is 3.50. The van der Waals surface area contributed by atoms with Crippen molar-refractivity contribution in [3.63, 3.8) is 0 Å². The Bertz CT molecular complexity index is 279. The van der Waals surface area contributed by atoms with Gasteiger partial charge in [-0.3, -0.25) is 4.99 Å². The first-order chi connectivity index (χ1) is 7.15. The molecule has 3 nitrogen and oxygen atoms in total. The van der Waals surface area contributed by atoms with Crippen LogP contribution in [-0.2, 0) is 9.53 Å². The Labute approximate surface area is 91.2 Å². The predicted molar refractivity (Wildman–Crippen MR) is 61.0 cm³/mol. The molecule has 0 saturated heterocycles. The number of aliphatic imine (C=N–C) groups is 1. The van der Waals surface area contributed by atoms with Crippen molar-refractivity contribution in [2.24, 2.45) is 16.8 Å². The Balaban J connectivity index is 2.77. The zero-order valence-electron chi connectivity index (χ0n) is 9.69. The number of carbonyl (C=O) groups excluding carboxylic acids is 1. The average molecular weight is 209 g/mol. The van der Waals surface area contributed by atoms with E-state index in [2.05, 4.69) is 18.8 Å². The summed E-state index contributed by atoms with van der Waals surface area (Å²) in [6.45, 7) is 7.34. The molecule has 1 aliphatic heterocycles. The summed E-state index contributed by atoms with van der Waals surface area (Å²) in [7, 11) is 0. The smallest absolute Gasteiger partial charge is 0.339 e.